The number of rotatable bonds is 5. The van der Waals surface area contributed by atoms with Gasteiger partial charge in [0.25, 0.3) is 11.8 Å². The van der Waals surface area contributed by atoms with Gasteiger partial charge in [-0.3, -0.25) is 14.2 Å². The summed E-state index contributed by atoms with van der Waals surface area (Å²) in [6.07, 6.45) is 4.89. The molecule has 168 valence electrons. The van der Waals surface area contributed by atoms with Gasteiger partial charge in [-0.2, -0.15) is 0 Å². The molecule has 6 rings (SSSR count). The molecule has 3 heterocycles. The van der Waals surface area contributed by atoms with Crippen molar-refractivity contribution < 1.29 is 9.59 Å². The van der Waals surface area contributed by atoms with Gasteiger partial charge in [0.2, 0.25) is 0 Å². The van der Waals surface area contributed by atoms with Crippen molar-refractivity contribution in [3.8, 4) is 5.82 Å². The lowest BCUT2D eigenvalue weighted by molar-refractivity contribution is 0.0926. The van der Waals surface area contributed by atoms with Gasteiger partial charge in [0, 0.05) is 17.6 Å². The van der Waals surface area contributed by atoms with Gasteiger partial charge >= 0.3 is 0 Å². The lowest BCUT2D eigenvalue weighted by atomic mass is 10.1. The lowest BCUT2D eigenvalue weighted by Gasteiger charge is -2.18. The average Bonchev–Trinajstić information content (AvgIpc) is 3.51. The highest BCUT2D eigenvalue weighted by atomic mass is 32.2. The second-order valence-corrected chi connectivity index (χ2v) is 9.47. The molecule has 34 heavy (non-hydrogen) atoms. The number of hydrogen-bond donors (Lipinski definition) is 0. The average molecular weight is 467 g/mol. The number of benzene rings is 2. The van der Waals surface area contributed by atoms with Crippen LogP contribution in [0.3, 0.4) is 0 Å². The van der Waals surface area contributed by atoms with Crippen LogP contribution in [0, 0.1) is 6.92 Å². The quantitative estimate of drug-likeness (QED) is 0.300. The van der Waals surface area contributed by atoms with Crippen molar-refractivity contribution in [3.63, 3.8) is 0 Å². The predicted octanol–water partition coefficient (Wildman–Crippen LogP) is 5.16. The maximum Gasteiger partial charge on any atom is 0.266 e. The van der Waals surface area contributed by atoms with Gasteiger partial charge in [0.15, 0.2) is 5.16 Å². The number of aryl methyl sites for hydroxylation is 2. The van der Waals surface area contributed by atoms with Gasteiger partial charge in [-0.15, -0.1) is 0 Å². The van der Waals surface area contributed by atoms with Crippen LogP contribution in [0.2, 0.25) is 0 Å². The molecule has 2 aromatic heterocycles. The third-order valence-electron chi connectivity index (χ3n) is 6.43. The summed E-state index contributed by atoms with van der Waals surface area (Å²) < 4.78 is 2.19. The van der Waals surface area contributed by atoms with Crippen molar-refractivity contribution in [2.45, 2.75) is 37.1 Å². The lowest BCUT2D eigenvalue weighted by Crippen LogP contribution is -2.30. The number of thioether (sulfide) groups is 1. The standard InChI is InChI=1S/C27H22N4O2S/c1-17-8-7-15-28-24(17)30-23-14-6-12-21(23)29-27(30)34-16-18-9-2-5-13-22(18)31-25(32)19-10-3-4-11-20(19)26(31)33/h2-5,7-11,13,15H,6,12,14,16H2,1H3. The van der Waals surface area contributed by atoms with E-state index in [-0.39, 0.29) is 11.8 Å². The van der Waals surface area contributed by atoms with Crippen LogP contribution in [0.15, 0.2) is 72.0 Å². The van der Waals surface area contributed by atoms with Crippen molar-refractivity contribution in [2.75, 3.05) is 4.90 Å². The summed E-state index contributed by atoms with van der Waals surface area (Å²) in [6.45, 7) is 2.07. The van der Waals surface area contributed by atoms with Crippen LogP contribution in [-0.4, -0.2) is 26.3 Å². The molecular weight excluding hydrogens is 444 g/mol. The number of hydrogen-bond acceptors (Lipinski definition) is 5. The van der Waals surface area contributed by atoms with E-state index in [9.17, 15) is 9.59 Å². The molecule has 4 aromatic rings. The van der Waals surface area contributed by atoms with Crippen LogP contribution in [0.4, 0.5) is 5.69 Å². The summed E-state index contributed by atoms with van der Waals surface area (Å²) in [7, 11) is 0. The molecule has 1 aliphatic carbocycles. The summed E-state index contributed by atoms with van der Waals surface area (Å²) in [5.41, 5.74) is 5.91. The summed E-state index contributed by atoms with van der Waals surface area (Å²) in [6, 6.07) is 18.6. The Morgan fingerprint density at radius 3 is 2.41 bits per heavy atom. The summed E-state index contributed by atoms with van der Waals surface area (Å²) in [4.78, 5) is 37.1. The first-order valence-corrected chi connectivity index (χ1v) is 12.3. The van der Waals surface area contributed by atoms with Crippen LogP contribution in [0.25, 0.3) is 5.82 Å². The van der Waals surface area contributed by atoms with Crippen LogP contribution < -0.4 is 4.90 Å². The molecule has 0 radical (unpaired) electrons. The number of nitrogens with zero attached hydrogens (tertiary/aromatic N) is 4. The predicted molar refractivity (Wildman–Crippen MR) is 132 cm³/mol. The molecule has 0 atom stereocenters. The first-order valence-electron chi connectivity index (χ1n) is 11.3. The Bertz CT molecular complexity index is 1420. The zero-order valence-corrected chi connectivity index (χ0v) is 19.5. The molecule has 6 nitrogen and oxygen atoms in total. The molecule has 0 spiro atoms. The van der Waals surface area contributed by atoms with Gasteiger partial charge in [-0.25, -0.2) is 14.9 Å². The second kappa shape index (κ2) is 8.25. The van der Waals surface area contributed by atoms with E-state index in [4.69, 9.17) is 4.98 Å². The molecule has 7 heteroatoms. The van der Waals surface area contributed by atoms with Crippen molar-refractivity contribution in [2.24, 2.45) is 0 Å². The fourth-order valence-corrected chi connectivity index (χ4v) is 5.81. The number of carbonyl (C=O) groups is 2. The van der Waals surface area contributed by atoms with Crippen molar-refractivity contribution >= 4 is 29.3 Å². The third-order valence-corrected chi connectivity index (χ3v) is 7.42. The van der Waals surface area contributed by atoms with Crippen LogP contribution in [0.5, 0.6) is 0 Å². The molecule has 2 amide bonds. The zero-order chi connectivity index (χ0) is 23.2. The van der Waals surface area contributed by atoms with Crippen molar-refractivity contribution in [1.29, 1.82) is 0 Å². The Labute approximate surface area is 201 Å². The maximum atomic E-state index is 13.1. The number of pyridine rings is 1. The van der Waals surface area contributed by atoms with E-state index in [2.05, 4.69) is 22.5 Å². The van der Waals surface area contributed by atoms with E-state index in [1.54, 1.807) is 36.0 Å². The van der Waals surface area contributed by atoms with Gasteiger partial charge < -0.3 is 0 Å². The van der Waals surface area contributed by atoms with E-state index in [0.717, 1.165) is 47.1 Å². The van der Waals surface area contributed by atoms with Gasteiger partial charge in [-0.05, 0) is 61.6 Å². The van der Waals surface area contributed by atoms with Gasteiger partial charge in [0.05, 0.1) is 22.5 Å². The highest BCUT2D eigenvalue weighted by molar-refractivity contribution is 7.98. The second-order valence-electron chi connectivity index (χ2n) is 8.53. The monoisotopic (exact) mass is 466 g/mol. The highest BCUT2D eigenvalue weighted by Gasteiger charge is 2.37. The van der Waals surface area contributed by atoms with Crippen molar-refractivity contribution in [3.05, 3.63) is 101 Å². The van der Waals surface area contributed by atoms with E-state index in [1.807, 2.05) is 36.5 Å². The molecule has 1 aliphatic heterocycles. The normalized spacial score (nSPS) is 14.6. The minimum Gasteiger partial charge on any atom is -0.275 e. The minimum absolute atomic E-state index is 0.275. The summed E-state index contributed by atoms with van der Waals surface area (Å²) in [5.74, 6) is 0.935. The number of para-hydroxylation sites is 1. The van der Waals surface area contributed by atoms with E-state index in [1.165, 1.54) is 10.6 Å². The first-order chi connectivity index (χ1) is 16.6. The van der Waals surface area contributed by atoms with E-state index in [0.29, 0.717) is 22.6 Å². The number of anilines is 1. The molecule has 2 aromatic carbocycles. The van der Waals surface area contributed by atoms with Crippen LogP contribution >= 0.6 is 11.8 Å². The molecule has 2 aliphatic rings. The number of aromatic nitrogens is 3. The maximum absolute atomic E-state index is 13.1. The number of imidazole rings is 1. The Morgan fingerprint density at radius 2 is 1.65 bits per heavy atom. The first kappa shape index (κ1) is 20.9. The third kappa shape index (κ3) is 3.27. The molecular formula is C27H22N4O2S. The largest absolute Gasteiger partial charge is 0.275 e. The number of carbonyl (C=O) groups excluding carboxylic acids is 2. The van der Waals surface area contributed by atoms with Crippen LogP contribution in [-0.2, 0) is 18.6 Å². The molecule has 0 saturated carbocycles. The molecule has 0 fully saturated rings. The topological polar surface area (TPSA) is 68.1 Å². The Kier molecular flexibility index (Phi) is 5.07. The molecule has 0 unspecified atom stereocenters. The molecule has 0 saturated heterocycles. The fourth-order valence-electron chi connectivity index (χ4n) is 4.78. The number of fused-ring (bicyclic) bond motifs is 2. The number of amides is 2. The van der Waals surface area contributed by atoms with Gasteiger partial charge in [-0.1, -0.05) is 48.2 Å². The highest BCUT2D eigenvalue weighted by Crippen LogP contribution is 2.36. The Balaban J connectivity index is 1.35. The molecule has 0 bridgehead atoms. The summed E-state index contributed by atoms with van der Waals surface area (Å²) in [5, 5.41) is 0.892. The smallest absolute Gasteiger partial charge is 0.266 e. The van der Waals surface area contributed by atoms with E-state index >= 15 is 0 Å². The Hall–Kier alpha value is -3.71. The van der Waals surface area contributed by atoms with Gasteiger partial charge in [0.1, 0.15) is 5.82 Å². The minimum atomic E-state index is -0.275. The van der Waals surface area contributed by atoms with E-state index < -0.39 is 0 Å². The fraction of sp³-hybridized carbons (Fsp3) is 0.185. The number of imide groups is 1. The summed E-state index contributed by atoms with van der Waals surface area (Å²) >= 11 is 1.61. The zero-order valence-electron chi connectivity index (χ0n) is 18.7. The Morgan fingerprint density at radius 1 is 0.912 bits per heavy atom. The molecule has 0 N–H and O–H groups in total. The SMILES string of the molecule is Cc1cccnc1-n1c(SCc2ccccc2N2C(=O)c3ccccc3C2=O)nc2c1CCC2. The van der Waals surface area contributed by atoms with Crippen molar-refractivity contribution in [1.82, 2.24) is 14.5 Å². The van der Waals surface area contributed by atoms with Crippen LogP contribution in [0.1, 0.15) is 49.7 Å².